The van der Waals surface area contributed by atoms with Crippen molar-refractivity contribution in [3.63, 3.8) is 0 Å². The van der Waals surface area contributed by atoms with Crippen molar-refractivity contribution in [1.29, 1.82) is 5.26 Å². The van der Waals surface area contributed by atoms with E-state index in [1.807, 2.05) is 13.8 Å². The number of hydrogen-bond acceptors (Lipinski definition) is 5. The molecule has 0 radical (unpaired) electrons. The fourth-order valence-electron chi connectivity index (χ4n) is 2.04. The molecule has 0 aliphatic heterocycles. The molecule has 0 aromatic carbocycles. The number of hydrogen-bond donors (Lipinski definition) is 2. The molecule has 0 saturated heterocycles. The number of rotatable bonds is 8. The number of unbranched alkanes of at least 4 members (excludes halogenated alkanes) is 2. The van der Waals surface area contributed by atoms with Gasteiger partial charge in [0.05, 0.1) is 5.69 Å². The highest BCUT2D eigenvalue weighted by atomic mass is 16.2. The average Bonchev–Trinajstić information content (AvgIpc) is 2.45. The first-order chi connectivity index (χ1) is 9.28. The van der Waals surface area contributed by atoms with Gasteiger partial charge in [0.25, 0.3) is 0 Å². The van der Waals surface area contributed by atoms with Crippen LogP contribution in [0.15, 0.2) is 0 Å². The predicted molar refractivity (Wildman–Crippen MR) is 74.9 cm³/mol. The van der Waals surface area contributed by atoms with Gasteiger partial charge in [0.1, 0.15) is 11.6 Å². The molecule has 0 fully saturated rings. The Morgan fingerprint density at radius 2 is 1.95 bits per heavy atom. The Kier molecular flexibility index (Phi) is 6.83. The third-order valence-corrected chi connectivity index (χ3v) is 3.09. The summed E-state index contributed by atoms with van der Waals surface area (Å²) in [6.07, 6.45) is 4.31. The van der Waals surface area contributed by atoms with Gasteiger partial charge >= 0.3 is 0 Å². The smallest absolute Gasteiger partial charge is 0.166 e. The third-order valence-electron chi connectivity index (χ3n) is 3.09. The van der Waals surface area contributed by atoms with Crippen LogP contribution in [-0.4, -0.2) is 28.5 Å². The van der Waals surface area contributed by atoms with Gasteiger partial charge in [-0.15, -0.1) is 5.10 Å². The van der Waals surface area contributed by atoms with E-state index in [4.69, 9.17) is 5.11 Å². The van der Waals surface area contributed by atoms with Gasteiger partial charge in [0, 0.05) is 13.2 Å². The average molecular weight is 262 g/mol. The minimum atomic E-state index is 0.231. The molecule has 0 spiro atoms. The van der Waals surface area contributed by atoms with E-state index >= 15 is 0 Å². The molecule has 0 saturated carbocycles. The van der Waals surface area contributed by atoms with Gasteiger partial charge in [-0.25, -0.2) is 0 Å². The molecule has 0 aliphatic carbocycles. The molecular weight excluding hydrogens is 240 g/mol. The van der Waals surface area contributed by atoms with Crippen molar-refractivity contribution >= 4 is 5.82 Å². The molecular formula is C14H22N4O. The first-order valence-corrected chi connectivity index (χ1v) is 6.91. The molecule has 0 atom stereocenters. The maximum atomic E-state index is 9.30. The second kappa shape index (κ2) is 8.44. The first-order valence-electron chi connectivity index (χ1n) is 6.91. The second-order valence-corrected chi connectivity index (χ2v) is 4.38. The largest absolute Gasteiger partial charge is 0.396 e. The first kappa shape index (κ1) is 15.4. The lowest BCUT2D eigenvalue weighted by molar-refractivity contribution is 0.283. The van der Waals surface area contributed by atoms with E-state index in [0.717, 1.165) is 49.9 Å². The lowest BCUT2D eigenvalue weighted by atomic mass is 10.0. The van der Waals surface area contributed by atoms with Crippen molar-refractivity contribution in [2.24, 2.45) is 0 Å². The molecule has 0 amide bonds. The number of aliphatic hydroxyl groups excluding tert-OH is 1. The van der Waals surface area contributed by atoms with Crippen molar-refractivity contribution in [2.75, 3.05) is 18.5 Å². The fourth-order valence-corrected chi connectivity index (χ4v) is 2.04. The topological polar surface area (TPSA) is 81.8 Å². The zero-order valence-electron chi connectivity index (χ0n) is 11.7. The van der Waals surface area contributed by atoms with Crippen molar-refractivity contribution < 1.29 is 5.11 Å². The Bertz CT molecular complexity index is 440. The van der Waals surface area contributed by atoms with Crippen LogP contribution in [0.25, 0.3) is 0 Å². The Balaban J connectivity index is 2.76. The number of nitriles is 1. The quantitative estimate of drug-likeness (QED) is 0.701. The second-order valence-electron chi connectivity index (χ2n) is 4.38. The highest BCUT2D eigenvalue weighted by Gasteiger charge is 2.13. The molecule has 1 heterocycles. The van der Waals surface area contributed by atoms with E-state index in [-0.39, 0.29) is 6.61 Å². The molecule has 2 N–H and O–H groups in total. The highest BCUT2D eigenvalue weighted by molar-refractivity contribution is 5.56. The molecule has 1 aromatic heterocycles. The molecule has 5 nitrogen and oxygen atoms in total. The summed E-state index contributed by atoms with van der Waals surface area (Å²) in [5.74, 6) is 0.584. The molecule has 0 bridgehead atoms. The van der Waals surface area contributed by atoms with Crippen LogP contribution in [0, 0.1) is 11.3 Å². The van der Waals surface area contributed by atoms with Crippen molar-refractivity contribution in [1.82, 2.24) is 10.2 Å². The van der Waals surface area contributed by atoms with Gasteiger partial charge < -0.3 is 10.4 Å². The van der Waals surface area contributed by atoms with Crippen molar-refractivity contribution in [3.05, 3.63) is 16.8 Å². The molecule has 1 aromatic rings. The third kappa shape index (κ3) is 4.18. The molecule has 104 valence electrons. The summed E-state index contributed by atoms with van der Waals surface area (Å²) >= 11 is 0. The van der Waals surface area contributed by atoms with Gasteiger partial charge in [-0.3, -0.25) is 0 Å². The van der Waals surface area contributed by atoms with Gasteiger partial charge in [-0.2, -0.15) is 10.4 Å². The Labute approximate surface area is 114 Å². The summed E-state index contributed by atoms with van der Waals surface area (Å²) in [5, 5.41) is 29.5. The van der Waals surface area contributed by atoms with Crippen LogP contribution >= 0.6 is 0 Å². The van der Waals surface area contributed by atoms with E-state index in [9.17, 15) is 5.26 Å². The number of anilines is 1. The van der Waals surface area contributed by atoms with E-state index in [2.05, 4.69) is 21.6 Å². The van der Waals surface area contributed by atoms with Gasteiger partial charge in [0.2, 0.25) is 0 Å². The van der Waals surface area contributed by atoms with Crippen LogP contribution < -0.4 is 5.32 Å². The zero-order chi connectivity index (χ0) is 14.1. The van der Waals surface area contributed by atoms with E-state index in [1.54, 1.807) is 0 Å². The number of aromatic nitrogens is 2. The standard InChI is InChI=1S/C14H22N4O/c1-3-11-12(10-15)14(18-17-13(11)4-2)16-8-6-5-7-9-19/h19H,3-9H2,1-2H3,(H,16,18). The number of aliphatic hydroxyl groups is 1. The van der Waals surface area contributed by atoms with E-state index in [0.29, 0.717) is 11.4 Å². The molecule has 1 rings (SSSR count). The molecule has 0 aliphatic rings. The summed E-state index contributed by atoms with van der Waals surface area (Å²) in [6.45, 7) is 5.03. The van der Waals surface area contributed by atoms with Gasteiger partial charge in [0.15, 0.2) is 5.82 Å². The number of nitrogens with one attached hydrogen (secondary N) is 1. The summed E-state index contributed by atoms with van der Waals surface area (Å²) in [7, 11) is 0. The Hall–Kier alpha value is -1.67. The van der Waals surface area contributed by atoms with Crippen LogP contribution in [-0.2, 0) is 12.8 Å². The van der Waals surface area contributed by atoms with Crippen LogP contribution in [0.4, 0.5) is 5.82 Å². The summed E-state index contributed by atoms with van der Waals surface area (Å²) in [4.78, 5) is 0. The lowest BCUT2D eigenvalue weighted by Gasteiger charge is -2.11. The lowest BCUT2D eigenvalue weighted by Crippen LogP contribution is -2.11. The summed E-state index contributed by atoms with van der Waals surface area (Å²) in [5.41, 5.74) is 2.53. The molecule has 0 unspecified atom stereocenters. The van der Waals surface area contributed by atoms with Crippen LogP contribution in [0.3, 0.4) is 0 Å². The summed E-state index contributed by atoms with van der Waals surface area (Å²) < 4.78 is 0. The number of aryl methyl sites for hydroxylation is 1. The minimum absolute atomic E-state index is 0.231. The van der Waals surface area contributed by atoms with Crippen LogP contribution in [0.1, 0.15) is 49.9 Å². The highest BCUT2D eigenvalue weighted by Crippen LogP contribution is 2.19. The molecule has 19 heavy (non-hydrogen) atoms. The van der Waals surface area contributed by atoms with Crippen LogP contribution in [0.5, 0.6) is 0 Å². The monoisotopic (exact) mass is 262 g/mol. The molecule has 5 heteroatoms. The predicted octanol–water partition coefficient (Wildman–Crippen LogP) is 2.05. The summed E-state index contributed by atoms with van der Waals surface area (Å²) in [6, 6.07) is 2.24. The maximum absolute atomic E-state index is 9.30. The van der Waals surface area contributed by atoms with Crippen LogP contribution in [0.2, 0.25) is 0 Å². The minimum Gasteiger partial charge on any atom is -0.396 e. The SMILES string of the molecule is CCc1nnc(NCCCCCO)c(C#N)c1CC. The maximum Gasteiger partial charge on any atom is 0.166 e. The fraction of sp³-hybridized carbons (Fsp3) is 0.643. The van der Waals surface area contributed by atoms with Gasteiger partial charge in [-0.1, -0.05) is 13.8 Å². The van der Waals surface area contributed by atoms with E-state index < -0.39 is 0 Å². The Morgan fingerprint density at radius 3 is 2.53 bits per heavy atom. The van der Waals surface area contributed by atoms with Gasteiger partial charge in [-0.05, 0) is 37.7 Å². The Morgan fingerprint density at radius 1 is 1.16 bits per heavy atom. The number of nitrogens with zero attached hydrogens (tertiary/aromatic N) is 3. The van der Waals surface area contributed by atoms with Crippen molar-refractivity contribution in [2.45, 2.75) is 46.0 Å². The van der Waals surface area contributed by atoms with Crippen molar-refractivity contribution in [3.8, 4) is 6.07 Å². The van der Waals surface area contributed by atoms with E-state index in [1.165, 1.54) is 0 Å². The normalized spacial score (nSPS) is 10.2. The zero-order valence-corrected chi connectivity index (χ0v) is 11.7.